The molecule has 132 valence electrons. The Kier molecular flexibility index (Phi) is 5.28. The van der Waals surface area contributed by atoms with Crippen LogP contribution in [-0.4, -0.2) is 32.8 Å². The van der Waals surface area contributed by atoms with E-state index in [0.717, 1.165) is 17.5 Å². The molecule has 3 N–H and O–H groups in total. The SMILES string of the molecule is Cc1nc2c(cnn2C(C)C)cc1C(=O)NC(C)(CN)CC(C)C. The van der Waals surface area contributed by atoms with Gasteiger partial charge in [-0.3, -0.25) is 4.79 Å². The summed E-state index contributed by atoms with van der Waals surface area (Å²) < 4.78 is 1.87. The predicted molar refractivity (Wildman–Crippen MR) is 97.0 cm³/mol. The van der Waals surface area contributed by atoms with Crippen LogP contribution in [0.3, 0.4) is 0 Å². The largest absolute Gasteiger partial charge is 0.346 e. The van der Waals surface area contributed by atoms with Gasteiger partial charge >= 0.3 is 0 Å². The van der Waals surface area contributed by atoms with Crippen molar-refractivity contribution >= 4 is 16.9 Å². The van der Waals surface area contributed by atoms with E-state index in [0.29, 0.717) is 23.7 Å². The molecule has 1 unspecified atom stereocenters. The molecular weight excluding hydrogens is 302 g/mol. The highest BCUT2D eigenvalue weighted by Gasteiger charge is 2.27. The van der Waals surface area contributed by atoms with Crippen molar-refractivity contribution in [1.29, 1.82) is 0 Å². The number of aryl methyl sites for hydroxylation is 1. The van der Waals surface area contributed by atoms with Crippen molar-refractivity contribution in [2.24, 2.45) is 11.7 Å². The van der Waals surface area contributed by atoms with E-state index < -0.39 is 5.54 Å². The van der Waals surface area contributed by atoms with Crippen molar-refractivity contribution in [2.75, 3.05) is 6.54 Å². The van der Waals surface area contributed by atoms with E-state index in [4.69, 9.17) is 5.73 Å². The third-order valence-corrected chi connectivity index (χ3v) is 4.22. The Balaban J connectivity index is 2.34. The van der Waals surface area contributed by atoms with E-state index >= 15 is 0 Å². The number of hydrogen-bond acceptors (Lipinski definition) is 4. The molecule has 0 aliphatic heterocycles. The third kappa shape index (κ3) is 3.75. The number of aromatic nitrogens is 3. The number of pyridine rings is 1. The van der Waals surface area contributed by atoms with Crippen LogP contribution in [0.5, 0.6) is 0 Å². The summed E-state index contributed by atoms with van der Waals surface area (Å²) in [7, 11) is 0. The van der Waals surface area contributed by atoms with Gasteiger partial charge in [0.05, 0.1) is 17.5 Å². The smallest absolute Gasteiger partial charge is 0.253 e. The Morgan fingerprint density at radius 3 is 2.58 bits per heavy atom. The van der Waals surface area contributed by atoms with Crippen molar-refractivity contribution in [3.05, 3.63) is 23.5 Å². The van der Waals surface area contributed by atoms with Crippen molar-refractivity contribution in [3.8, 4) is 0 Å². The number of fused-ring (bicyclic) bond motifs is 1. The van der Waals surface area contributed by atoms with Gasteiger partial charge in [0.1, 0.15) is 0 Å². The van der Waals surface area contributed by atoms with Crippen molar-refractivity contribution < 1.29 is 4.79 Å². The van der Waals surface area contributed by atoms with Crippen molar-refractivity contribution in [2.45, 2.75) is 59.5 Å². The molecule has 0 aliphatic rings. The molecule has 0 saturated heterocycles. The first-order chi connectivity index (χ1) is 11.2. The van der Waals surface area contributed by atoms with Gasteiger partial charge in [0.2, 0.25) is 0 Å². The van der Waals surface area contributed by atoms with Crippen LogP contribution < -0.4 is 11.1 Å². The summed E-state index contributed by atoms with van der Waals surface area (Å²) in [6, 6.07) is 2.09. The highest BCUT2D eigenvalue weighted by molar-refractivity contribution is 5.98. The van der Waals surface area contributed by atoms with Crippen LogP contribution in [-0.2, 0) is 0 Å². The number of nitrogens with zero attached hydrogens (tertiary/aromatic N) is 3. The van der Waals surface area contributed by atoms with Crippen LogP contribution in [0.2, 0.25) is 0 Å². The van der Waals surface area contributed by atoms with Crippen molar-refractivity contribution in [3.63, 3.8) is 0 Å². The first-order valence-electron chi connectivity index (χ1n) is 8.54. The average molecular weight is 331 g/mol. The summed E-state index contributed by atoms with van der Waals surface area (Å²) in [5, 5.41) is 8.34. The first-order valence-corrected chi connectivity index (χ1v) is 8.54. The molecule has 0 fully saturated rings. The number of amides is 1. The van der Waals surface area contributed by atoms with Crippen LogP contribution in [0.4, 0.5) is 0 Å². The normalized spacial score (nSPS) is 14.4. The Morgan fingerprint density at radius 1 is 1.38 bits per heavy atom. The Labute approximate surface area is 143 Å². The summed E-state index contributed by atoms with van der Waals surface area (Å²) in [6.07, 6.45) is 2.59. The van der Waals surface area contributed by atoms with Crippen LogP contribution in [0.1, 0.15) is 63.1 Å². The minimum Gasteiger partial charge on any atom is -0.346 e. The number of hydrogen-bond donors (Lipinski definition) is 2. The molecule has 0 aromatic carbocycles. The fourth-order valence-corrected chi connectivity index (χ4v) is 3.10. The van der Waals surface area contributed by atoms with E-state index in [1.165, 1.54) is 0 Å². The second kappa shape index (κ2) is 6.89. The fourth-order valence-electron chi connectivity index (χ4n) is 3.10. The summed E-state index contributed by atoms with van der Waals surface area (Å²) in [6.45, 7) is 12.6. The maximum atomic E-state index is 12.8. The molecule has 0 bridgehead atoms. The lowest BCUT2D eigenvalue weighted by molar-refractivity contribution is 0.0897. The maximum Gasteiger partial charge on any atom is 0.253 e. The monoisotopic (exact) mass is 331 g/mol. The summed E-state index contributed by atoms with van der Waals surface area (Å²) >= 11 is 0. The molecule has 1 atom stereocenters. The van der Waals surface area contributed by atoms with E-state index in [2.05, 4.69) is 43.1 Å². The minimum atomic E-state index is -0.422. The van der Waals surface area contributed by atoms with Crippen molar-refractivity contribution in [1.82, 2.24) is 20.1 Å². The van der Waals surface area contributed by atoms with Gasteiger partial charge in [-0.15, -0.1) is 0 Å². The van der Waals surface area contributed by atoms with E-state index in [9.17, 15) is 4.79 Å². The molecule has 0 aliphatic carbocycles. The van der Waals surface area contributed by atoms with Gasteiger partial charge in [-0.2, -0.15) is 5.10 Å². The second-order valence-corrected chi connectivity index (χ2v) is 7.53. The molecular formula is C18H29N5O. The molecule has 6 heteroatoms. The van der Waals surface area contributed by atoms with Crippen LogP contribution in [0.25, 0.3) is 11.0 Å². The van der Waals surface area contributed by atoms with Gasteiger partial charge in [-0.1, -0.05) is 13.8 Å². The lowest BCUT2D eigenvalue weighted by atomic mass is 9.90. The highest BCUT2D eigenvalue weighted by atomic mass is 16.1. The molecule has 2 heterocycles. The zero-order valence-corrected chi connectivity index (χ0v) is 15.6. The van der Waals surface area contributed by atoms with Gasteiger partial charge in [0, 0.05) is 23.5 Å². The lowest BCUT2D eigenvalue weighted by Crippen LogP contribution is -2.52. The molecule has 2 aromatic heterocycles. The minimum absolute atomic E-state index is 0.132. The van der Waals surface area contributed by atoms with E-state index in [1.807, 2.05) is 24.6 Å². The predicted octanol–water partition coefficient (Wildman–Crippen LogP) is 2.81. The Morgan fingerprint density at radius 2 is 2.04 bits per heavy atom. The van der Waals surface area contributed by atoms with Gasteiger partial charge in [-0.05, 0) is 46.1 Å². The molecule has 2 aromatic rings. The molecule has 24 heavy (non-hydrogen) atoms. The van der Waals surface area contributed by atoms with Gasteiger partial charge < -0.3 is 11.1 Å². The highest BCUT2D eigenvalue weighted by Crippen LogP contribution is 2.21. The van der Waals surface area contributed by atoms with Crippen LogP contribution in [0.15, 0.2) is 12.3 Å². The summed E-state index contributed by atoms with van der Waals surface area (Å²) in [5.41, 5.74) is 7.57. The Hall–Kier alpha value is -1.95. The number of nitrogens with two attached hydrogens (primary N) is 1. The molecule has 2 rings (SSSR count). The summed E-state index contributed by atoms with van der Waals surface area (Å²) in [5.74, 6) is 0.317. The number of carbonyl (C=O) groups excluding carboxylic acids is 1. The Bertz CT molecular complexity index is 734. The standard InChI is InChI=1S/C18H29N5O/c1-11(2)8-18(6,10-19)22-17(24)15-7-14-9-20-23(12(3)4)16(14)21-13(15)5/h7,9,11-12H,8,10,19H2,1-6H3,(H,22,24). The van der Waals surface area contributed by atoms with Gasteiger partial charge in [0.15, 0.2) is 5.65 Å². The quantitative estimate of drug-likeness (QED) is 0.852. The molecule has 1 amide bonds. The fraction of sp³-hybridized carbons (Fsp3) is 0.611. The van der Waals surface area contributed by atoms with Crippen LogP contribution >= 0.6 is 0 Å². The molecule has 0 saturated carbocycles. The number of nitrogens with one attached hydrogen (secondary N) is 1. The lowest BCUT2D eigenvalue weighted by Gasteiger charge is -2.31. The van der Waals surface area contributed by atoms with Gasteiger partial charge in [0.25, 0.3) is 5.91 Å². The van der Waals surface area contributed by atoms with Gasteiger partial charge in [-0.25, -0.2) is 9.67 Å². The molecule has 6 nitrogen and oxygen atoms in total. The number of rotatable bonds is 6. The summed E-state index contributed by atoms with van der Waals surface area (Å²) in [4.78, 5) is 17.4. The van der Waals surface area contributed by atoms with E-state index in [-0.39, 0.29) is 11.9 Å². The van der Waals surface area contributed by atoms with Crippen LogP contribution in [0, 0.1) is 12.8 Å². The average Bonchev–Trinajstić information content (AvgIpc) is 2.88. The molecule has 0 spiro atoms. The van der Waals surface area contributed by atoms with E-state index in [1.54, 1.807) is 6.20 Å². The zero-order valence-electron chi connectivity index (χ0n) is 15.6. The first kappa shape index (κ1) is 18.4. The second-order valence-electron chi connectivity index (χ2n) is 7.53. The topological polar surface area (TPSA) is 85.8 Å². The number of carbonyl (C=O) groups is 1. The maximum absolute atomic E-state index is 12.8. The molecule has 0 radical (unpaired) electrons. The zero-order chi connectivity index (χ0) is 18.1. The third-order valence-electron chi connectivity index (χ3n) is 4.22.